The number of benzene rings is 2. The molecule has 1 fully saturated rings. The van der Waals surface area contributed by atoms with Crippen molar-refractivity contribution in [3.8, 4) is 11.4 Å². The average molecular weight is 483 g/mol. The molecule has 0 amide bonds. The predicted molar refractivity (Wildman–Crippen MR) is 128 cm³/mol. The van der Waals surface area contributed by atoms with Gasteiger partial charge in [-0.15, -0.1) is 0 Å². The lowest BCUT2D eigenvalue weighted by Crippen LogP contribution is -2.48. The minimum Gasteiger partial charge on any atom is -0.378 e. The van der Waals surface area contributed by atoms with Crippen molar-refractivity contribution in [1.82, 2.24) is 25.9 Å². The summed E-state index contributed by atoms with van der Waals surface area (Å²) in [7, 11) is 0. The lowest BCUT2D eigenvalue weighted by atomic mass is 10.1. The minimum absolute atomic E-state index is 0.0965. The van der Waals surface area contributed by atoms with Gasteiger partial charge in [-0.25, -0.2) is 18.7 Å². The van der Waals surface area contributed by atoms with E-state index in [1.165, 1.54) is 6.07 Å². The van der Waals surface area contributed by atoms with Crippen molar-refractivity contribution >= 4 is 11.5 Å². The SMILES string of the molecule is OC(Cc1ccc(Nc2nc(-c3c(F)cccc3F)nc3c2C(O)NC3)cc1)NC1CCCNC1. The van der Waals surface area contributed by atoms with E-state index < -0.39 is 24.1 Å². The van der Waals surface area contributed by atoms with Crippen LogP contribution in [0.3, 0.4) is 0 Å². The highest BCUT2D eigenvalue weighted by atomic mass is 19.1. The van der Waals surface area contributed by atoms with E-state index >= 15 is 0 Å². The molecule has 184 valence electrons. The van der Waals surface area contributed by atoms with E-state index in [0.717, 1.165) is 43.6 Å². The topological polar surface area (TPSA) is 114 Å². The molecule has 3 unspecified atom stereocenters. The maximum Gasteiger partial charge on any atom is 0.167 e. The van der Waals surface area contributed by atoms with E-state index in [1.807, 2.05) is 24.3 Å². The number of piperidine rings is 1. The third-order valence-corrected chi connectivity index (χ3v) is 6.32. The van der Waals surface area contributed by atoms with E-state index in [-0.39, 0.29) is 29.8 Å². The number of hydrogen-bond acceptors (Lipinski definition) is 8. The van der Waals surface area contributed by atoms with Gasteiger partial charge in [0.1, 0.15) is 29.9 Å². The van der Waals surface area contributed by atoms with Gasteiger partial charge in [0.2, 0.25) is 0 Å². The second-order valence-corrected chi connectivity index (χ2v) is 8.89. The first-order valence-electron chi connectivity index (χ1n) is 11.8. The number of fused-ring (bicyclic) bond motifs is 1. The smallest absolute Gasteiger partial charge is 0.167 e. The zero-order valence-electron chi connectivity index (χ0n) is 19.1. The Kier molecular flexibility index (Phi) is 6.98. The monoisotopic (exact) mass is 482 g/mol. The van der Waals surface area contributed by atoms with Crippen LogP contribution in [0.1, 0.15) is 35.9 Å². The Morgan fingerprint density at radius 1 is 1.09 bits per heavy atom. The number of halogens is 2. The number of aliphatic hydroxyl groups excluding tert-OH is 2. The standard InChI is InChI=1S/C25H28F2N6O2/c26-17-4-1-5-18(27)21(17)23-32-19-13-29-25(35)22(19)24(33-23)31-15-8-6-14(7-9-15)11-20(34)30-16-3-2-10-28-12-16/h1,4-9,16,20,25,28-30,34-35H,2-3,10-13H2,(H,31,32,33). The number of nitrogens with one attached hydrogen (secondary N) is 4. The highest BCUT2D eigenvalue weighted by molar-refractivity contribution is 5.66. The number of rotatable bonds is 7. The average Bonchev–Trinajstić information content (AvgIpc) is 3.22. The first-order valence-corrected chi connectivity index (χ1v) is 11.8. The van der Waals surface area contributed by atoms with Gasteiger partial charge in [0.25, 0.3) is 0 Å². The molecule has 2 aromatic carbocycles. The molecule has 0 bridgehead atoms. The molecule has 10 heteroatoms. The fraction of sp³-hybridized carbons (Fsp3) is 0.360. The Morgan fingerprint density at radius 2 is 1.86 bits per heavy atom. The van der Waals surface area contributed by atoms with Crippen molar-refractivity contribution in [3.05, 3.63) is 70.9 Å². The number of aromatic nitrogens is 2. The molecule has 3 heterocycles. The summed E-state index contributed by atoms with van der Waals surface area (Å²) >= 11 is 0. The molecule has 5 rings (SSSR count). The van der Waals surface area contributed by atoms with Crippen LogP contribution in [0.5, 0.6) is 0 Å². The molecule has 0 aliphatic carbocycles. The summed E-state index contributed by atoms with van der Waals surface area (Å²) < 4.78 is 28.8. The third kappa shape index (κ3) is 5.31. The second kappa shape index (κ2) is 10.3. The first-order chi connectivity index (χ1) is 17.0. The summed E-state index contributed by atoms with van der Waals surface area (Å²) in [5.74, 6) is -1.35. The van der Waals surface area contributed by atoms with Gasteiger partial charge < -0.3 is 20.8 Å². The molecule has 1 saturated heterocycles. The summed E-state index contributed by atoms with van der Waals surface area (Å²) in [5, 5.41) is 33.4. The van der Waals surface area contributed by atoms with Gasteiger partial charge in [-0.3, -0.25) is 10.6 Å². The van der Waals surface area contributed by atoms with Crippen LogP contribution in [0, 0.1) is 11.6 Å². The molecular formula is C25H28F2N6O2. The molecule has 35 heavy (non-hydrogen) atoms. The minimum atomic E-state index is -0.998. The lowest BCUT2D eigenvalue weighted by Gasteiger charge is -2.26. The summed E-state index contributed by atoms with van der Waals surface area (Å²) in [6.45, 7) is 2.11. The van der Waals surface area contributed by atoms with Crippen LogP contribution in [0.15, 0.2) is 42.5 Å². The highest BCUT2D eigenvalue weighted by Gasteiger charge is 2.28. The van der Waals surface area contributed by atoms with Gasteiger partial charge in [-0.1, -0.05) is 18.2 Å². The van der Waals surface area contributed by atoms with E-state index in [0.29, 0.717) is 23.4 Å². The summed E-state index contributed by atoms with van der Waals surface area (Å²) in [5.41, 5.74) is 2.21. The summed E-state index contributed by atoms with van der Waals surface area (Å²) in [6, 6.07) is 11.3. The summed E-state index contributed by atoms with van der Waals surface area (Å²) in [4.78, 5) is 8.66. The Morgan fingerprint density at radius 3 is 2.57 bits per heavy atom. The van der Waals surface area contributed by atoms with E-state index in [1.54, 1.807) is 0 Å². The maximum atomic E-state index is 14.4. The molecule has 0 radical (unpaired) electrons. The van der Waals surface area contributed by atoms with E-state index in [2.05, 4.69) is 31.2 Å². The Labute approximate surface area is 201 Å². The van der Waals surface area contributed by atoms with Crippen molar-refractivity contribution in [2.75, 3.05) is 18.4 Å². The number of hydrogen-bond donors (Lipinski definition) is 6. The molecule has 8 nitrogen and oxygen atoms in total. The van der Waals surface area contributed by atoms with Crippen LogP contribution in [-0.4, -0.2) is 45.5 Å². The van der Waals surface area contributed by atoms with Crippen LogP contribution in [0.25, 0.3) is 11.4 Å². The molecule has 3 aromatic rings. The van der Waals surface area contributed by atoms with Crippen LogP contribution in [-0.2, 0) is 13.0 Å². The van der Waals surface area contributed by atoms with Gasteiger partial charge in [0.15, 0.2) is 5.82 Å². The molecule has 0 spiro atoms. The van der Waals surface area contributed by atoms with Gasteiger partial charge >= 0.3 is 0 Å². The lowest BCUT2D eigenvalue weighted by molar-refractivity contribution is 0.116. The Hall–Kier alpha value is -3.02. The molecule has 0 saturated carbocycles. The van der Waals surface area contributed by atoms with E-state index in [9.17, 15) is 19.0 Å². The fourth-order valence-electron chi connectivity index (χ4n) is 4.56. The number of anilines is 2. The second-order valence-electron chi connectivity index (χ2n) is 8.89. The molecule has 1 aromatic heterocycles. The normalized spacial score (nSPS) is 20.5. The number of nitrogens with zero attached hydrogens (tertiary/aromatic N) is 2. The third-order valence-electron chi connectivity index (χ3n) is 6.32. The maximum absolute atomic E-state index is 14.4. The van der Waals surface area contributed by atoms with Crippen molar-refractivity contribution in [3.63, 3.8) is 0 Å². The molecule has 2 aliphatic rings. The number of aliphatic hydroxyl groups is 2. The van der Waals surface area contributed by atoms with Crippen LogP contribution in [0.4, 0.5) is 20.3 Å². The highest BCUT2D eigenvalue weighted by Crippen LogP contribution is 2.33. The zero-order chi connectivity index (χ0) is 24.4. The van der Waals surface area contributed by atoms with Crippen molar-refractivity contribution in [2.45, 2.75) is 44.3 Å². The zero-order valence-corrected chi connectivity index (χ0v) is 19.1. The van der Waals surface area contributed by atoms with Crippen molar-refractivity contribution in [1.29, 1.82) is 0 Å². The van der Waals surface area contributed by atoms with E-state index in [4.69, 9.17) is 0 Å². The first kappa shape index (κ1) is 23.7. The molecule has 2 aliphatic heterocycles. The van der Waals surface area contributed by atoms with Crippen LogP contribution < -0.4 is 21.3 Å². The van der Waals surface area contributed by atoms with Crippen molar-refractivity contribution < 1.29 is 19.0 Å². The van der Waals surface area contributed by atoms with Crippen LogP contribution >= 0.6 is 0 Å². The predicted octanol–water partition coefficient (Wildman–Crippen LogP) is 2.46. The largest absolute Gasteiger partial charge is 0.378 e. The quantitative estimate of drug-likeness (QED) is 0.285. The molecular weight excluding hydrogens is 454 g/mol. The molecule has 6 N–H and O–H groups in total. The van der Waals surface area contributed by atoms with Gasteiger partial charge in [0, 0.05) is 31.2 Å². The Balaban J connectivity index is 1.34. The fourth-order valence-corrected chi connectivity index (χ4v) is 4.56. The van der Waals surface area contributed by atoms with Gasteiger partial charge in [-0.05, 0) is 49.2 Å². The summed E-state index contributed by atoms with van der Waals surface area (Å²) in [6.07, 6.45) is 0.937. The van der Waals surface area contributed by atoms with Gasteiger partial charge in [-0.2, -0.15) is 0 Å². The van der Waals surface area contributed by atoms with Crippen LogP contribution in [0.2, 0.25) is 0 Å². The Bertz CT molecular complexity index is 1170. The van der Waals surface area contributed by atoms with Crippen molar-refractivity contribution in [2.24, 2.45) is 0 Å². The van der Waals surface area contributed by atoms with Gasteiger partial charge in [0.05, 0.1) is 16.8 Å². The molecule has 3 atom stereocenters.